The fraction of sp³-hybridized carbons (Fsp3) is 0.111. The molecule has 5 nitrogen and oxygen atoms in total. The number of hydrogen-bond acceptors (Lipinski definition) is 4. The molecule has 0 N–H and O–H groups in total. The smallest absolute Gasteiger partial charge is 0.261 e. The highest BCUT2D eigenvalue weighted by Gasteiger charge is 2.22. The van der Waals surface area contributed by atoms with Gasteiger partial charge in [-0.25, -0.2) is 21.8 Å². The Bertz CT molecular complexity index is 1580. The SMILES string of the molecule is O=S(=O)(c1ccccc1)n1cc(Cc2ccc(CCc3c(F)cccc3Cl)nc2)c2cccnc21. The van der Waals surface area contributed by atoms with Gasteiger partial charge >= 0.3 is 0 Å². The first-order valence-corrected chi connectivity index (χ1v) is 12.9. The maximum Gasteiger partial charge on any atom is 0.269 e. The van der Waals surface area contributed by atoms with Crippen LogP contribution in [0.3, 0.4) is 0 Å². The fourth-order valence-corrected chi connectivity index (χ4v) is 5.70. The highest BCUT2D eigenvalue weighted by Crippen LogP contribution is 2.26. The molecule has 0 atom stereocenters. The molecule has 5 rings (SSSR count). The van der Waals surface area contributed by atoms with Gasteiger partial charge in [-0.1, -0.05) is 41.9 Å². The van der Waals surface area contributed by atoms with Gasteiger partial charge < -0.3 is 0 Å². The highest BCUT2D eigenvalue weighted by atomic mass is 35.5. The molecule has 8 heteroatoms. The predicted molar refractivity (Wildman–Crippen MR) is 135 cm³/mol. The Morgan fingerprint density at radius 1 is 0.886 bits per heavy atom. The van der Waals surface area contributed by atoms with Crippen LogP contribution in [0.1, 0.15) is 22.4 Å². The zero-order chi connectivity index (χ0) is 24.4. The monoisotopic (exact) mass is 505 g/mol. The number of aromatic nitrogens is 3. The molecule has 3 heterocycles. The van der Waals surface area contributed by atoms with Gasteiger partial charge in [-0.2, -0.15) is 0 Å². The molecule has 0 aliphatic rings. The highest BCUT2D eigenvalue weighted by molar-refractivity contribution is 7.90. The number of aryl methyl sites for hydroxylation is 1. The molecule has 3 aromatic heterocycles. The molecular formula is C27H21ClFN3O2S. The van der Waals surface area contributed by atoms with Gasteiger partial charge in [0.05, 0.1) is 4.90 Å². The molecule has 35 heavy (non-hydrogen) atoms. The van der Waals surface area contributed by atoms with Crippen molar-refractivity contribution in [2.75, 3.05) is 0 Å². The lowest BCUT2D eigenvalue weighted by Crippen LogP contribution is -2.12. The molecule has 2 aromatic carbocycles. The lowest BCUT2D eigenvalue weighted by molar-refractivity contribution is 0.588. The number of rotatable bonds is 7. The summed E-state index contributed by atoms with van der Waals surface area (Å²) >= 11 is 6.12. The van der Waals surface area contributed by atoms with Crippen molar-refractivity contribution in [3.05, 3.63) is 125 Å². The molecule has 176 valence electrons. The van der Waals surface area contributed by atoms with Gasteiger partial charge in [0.1, 0.15) is 5.82 Å². The number of halogens is 2. The average Bonchev–Trinajstić information content (AvgIpc) is 3.24. The topological polar surface area (TPSA) is 64.8 Å². The van der Waals surface area contributed by atoms with Gasteiger partial charge in [-0.15, -0.1) is 0 Å². The van der Waals surface area contributed by atoms with Gasteiger partial charge in [0.2, 0.25) is 0 Å². The summed E-state index contributed by atoms with van der Waals surface area (Å²) in [6, 6.07) is 20.5. The molecule has 0 saturated carbocycles. The summed E-state index contributed by atoms with van der Waals surface area (Å²) in [4.78, 5) is 9.07. The summed E-state index contributed by atoms with van der Waals surface area (Å²) in [5.41, 5.74) is 3.46. The third-order valence-corrected chi connectivity index (χ3v) is 7.91. The molecule has 0 aliphatic heterocycles. The second kappa shape index (κ2) is 9.60. The standard InChI is InChI=1S/C27H21ClFN3O2S/c28-25-9-4-10-26(29)24(25)14-13-21-12-11-19(17-31-21)16-20-18-32(27-23(20)8-5-15-30-27)35(33,34)22-6-2-1-3-7-22/h1-12,15,17-18H,13-14,16H2. The van der Waals surface area contributed by atoms with Crippen molar-refractivity contribution in [3.63, 3.8) is 0 Å². The zero-order valence-electron chi connectivity index (χ0n) is 18.6. The minimum atomic E-state index is -3.79. The van der Waals surface area contributed by atoms with Crippen LogP contribution in [0, 0.1) is 5.82 Å². The van der Waals surface area contributed by atoms with E-state index in [9.17, 15) is 12.8 Å². The van der Waals surface area contributed by atoms with Gasteiger partial charge in [0.25, 0.3) is 10.0 Å². The van der Waals surface area contributed by atoms with E-state index >= 15 is 0 Å². The summed E-state index contributed by atoms with van der Waals surface area (Å²) in [5, 5.41) is 1.18. The minimum Gasteiger partial charge on any atom is -0.261 e. The quantitative estimate of drug-likeness (QED) is 0.279. The third-order valence-electron chi connectivity index (χ3n) is 5.89. The first-order valence-electron chi connectivity index (χ1n) is 11.1. The summed E-state index contributed by atoms with van der Waals surface area (Å²) in [6.45, 7) is 0. The van der Waals surface area contributed by atoms with E-state index < -0.39 is 10.0 Å². The van der Waals surface area contributed by atoms with E-state index in [0.717, 1.165) is 22.2 Å². The first kappa shape index (κ1) is 23.2. The fourth-order valence-electron chi connectivity index (χ4n) is 4.08. The lowest BCUT2D eigenvalue weighted by Gasteiger charge is -2.07. The summed E-state index contributed by atoms with van der Waals surface area (Å²) < 4.78 is 41.8. The van der Waals surface area contributed by atoms with Crippen LogP contribution in [0.4, 0.5) is 4.39 Å². The Kier molecular flexibility index (Phi) is 6.36. The van der Waals surface area contributed by atoms with E-state index in [4.69, 9.17) is 11.6 Å². The van der Waals surface area contributed by atoms with Crippen LogP contribution in [-0.4, -0.2) is 22.4 Å². The van der Waals surface area contributed by atoms with Gasteiger partial charge in [0, 0.05) is 46.7 Å². The molecular weight excluding hydrogens is 485 g/mol. The van der Waals surface area contributed by atoms with Crippen molar-refractivity contribution in [2.45, 2.75) is 24.2 Å². The molecule has 0 amide bonds. The summed E-state index contributed by atoms with van der Waals surface area (Å²) in [7, 11) is -3.79. The van der Waals surface area contributed by atoms with E-state index in [1.54, 1.807) is 67.1 Å². The number of benzene rings is 2. The van der Waals surface area contributed by atoms with Crippen molar-refractivity contribution in [1.29, 1.82) is 0 Å². The molecule has 0 unspecified atom stereocenters. The summed E-state index contributed by atoms with van der Waals surface area (Å²) in [5.74, 6) is -0.315. The van der Waals surface area contributed by atoms with Crippen LogP contribution in [0.15, 0.2) is 96.3 Å². The van der Waals surface area contributed by atoms with Crippen LogP contribution in [0.25, 0.3) is 11.0 Å². The molecule has 0 aliphatic carbocycles. The van der Waals surface area contributed by atoms with E-state index in [1.165, 1.54) is 10.0 Å². The van der Waals surface area contributed by atoms with E-state index in [0.29, 0.717) is 35.5 Å². The average molecular weight is 506 g/mol. The minimum absolute atomic E-state index is 0.204. The summed E-state index contributed by atoms with van der Waals surface area (Å²) in [6.07, 6.45) is 6.48. The van der Waals surface area contributed by atoms with Crippen LogP contribution in [-0.2, 0) is 29.3 Å². The molecule has 0 fully saturated rings. The maximum absolute atomic E-state index is 14.0. The number of pyridine rings is 2. The van der Waals surface area contributed by atoms with E-state index in [-0.39, 0.29) is 10.7 Å². The third kappa shape index (κ3) is 4.70. The normalized spacial score (nSPS) is 11.7. The van der Waals surface area contributed by atoms with Crippen LogP contribution >= 0.6 is 11.6 Å². The van der Waals surface area contributed by atoms with E-state index in [2.05, 4.69) is 9.97 Å². The Balaban J connectivity index is 1.39. The Labute approximate surface area is 207 Å². The van der Waals surface area contributed by atoms with Gasteiger partial charge in [-0.05, 0) is 66.4 Å². The van der Waals surface area contributed by atoms with Crippen molar-refractivity contribution < 1.29 is 12.8 Å². The van der Waals surface area contributed by atoms with Gasteiger partial charge in [0.15, 0.2) is 5.65 Å². The van der Waals surface area contributed by atoms with Crippen molar-refractivity contribution in [3.8, 4) is 0 Å². The molecule has 5 aromatic rings. The molecule has 0 spiro atoms. The zero-order valence-corrected chi connectivity index (χ0v) is 20.2. The van der Waals surface area contributed by atoms with Crippen molar-refractivity contribution >= 4 is 32.7 Å². The van der Waals surface area contributed by atoms with Gasteiger partial charge in [-0.3, -0.25) is 4.98 Å². The van der Waals surface area contributed by atoms with Crippen LogP contribution in [0.5, 0.6) is 0 Å². The van der Waals surface area contributed by atoms with Crippen molar-refractivity contribution in [2.24, 2.45) is 0 Å². The number of hydrogen-bond donors (Lipinski definition) is 0. The maximum atomic E-state index is 14.0. The molecule has 0 bridgehead atoms. The predicted octanol–water partition coefficient (Wildman–Crippen LogP) is 5.84. The molecule has 0 radical (unpaired) electrons. The second-order valence-electron chi connectivity index (χ2n) is 8.18. The largest absolute Gasteiger partial charge is 0.269 e. The Morgan fingerprint density at radius 3 is 2.46 bits per heavy atom. The van der Waals surface area contributed by atoms with Crippen molar-refractivity contribution in [1.82, 2.24) is 13.9 Å². The van der Waals surface area contributed by atoms with Crippen LogP contribution < -0.4 is 0 Å². The first-order chi connectivity index (χ1) is 16.9. The number of nitrogens with zero attached hydrogens (tertiary/aromatic N) is 3. The Hall–Kier alpha value is -3.55. The second-order valence-corrected chi connectivity index (χ2v) is 10.4. The molecule has 0 saturated heterocycles. The number of fused-ring (bicyclic) bond motifs is 1. The van der Waals surface area contributed by atoms with E-state index in [1.807, 2.05) is 18.2 Å². The van der Waals surface area contributed by atoms with Crippen LogP contribution in [0.2, 0.25) is 5.02 Å². The lowest BCUT2D eigenvalue weighted by atomic mass is 10.0. The Morgan fingerprint density at radius 2 is 1.71 bits per heavy atom.